The SMILES string of the molecule is O=C(c1csc(-c2ccnc(N3CCCCC3)c2)n1)N1CCCC1. The predicted octanol–water partition coefficient (Wildman–Crippen LogP) is 3.43. The van der Waals surface area contributed by atoms with Crippen LogP contribution in [0.1, 0.15) is 42.6 Å². The van der Waals surface area contributed by atoms with Crippen molar-refractivity contribution in [2.75, 3.05) is 31.1 Å². The molecule has 0 atom stereocenters. The molecule has 0 aliphatic carbocycles. The Bertz CT molecular complexity index is 717. The largest absolute Gasteiger partial charge is 0.357 e. The van der Waals surface area contributed by atoms with Gasteiger partial charge in [-0.1, -0.05) is 0 Å². The van der Waals surface area contributed by atoms with E-state index in [1.807, 2.05) is 22.5 Å². The van der Waals surface area contributed by atoms with Crippen molar-refractivity contribution in [1.29, 1.82) is 0 Å². The summed E-state index contributed by atoms with van der Waals surface area (Å²) in [5.74, 6) is 1.09. The molecule has 0 saturated carbocycles. The first-order chi connectivity index (χ1) is 11.8. The Hall–Kier alpha value is -1.95. The van der Waals surface area contributed by atoms with E-state index < -0.39 is 0 Å². The third-order valence-electron chi connectivity index (χ3n) is 4.79. The predicted molar refractivity (Wildman–Crippen MR) is 96.5 cm³/mol. The molecule has 0 N–H and O–H groups in total. The highest BCUT2D eigenvalue weighted by atomic mass is 32.1. The van der Waals surface area contributed by atoms with Gasteiger partial charge in [0, 0.05) is 43.3 Å². The summed E-state index contributed by atoms with van der Waals surface area (Å²) in [5.41, 5.74) is 1.63. The van der Waals surface area contributed by atoms with E-state index in [0.29, 0.717) is 5.69 Å². The fourth-order valence-electron chi connectivity index (χ4n) is 3.43. The lowest BCUT2D eigenvalue weighted by atomic mass is 10.1. The number of likely N-dealkylation sites (tertiary alicyclic amines) is 1. The van der Waals surface area contributed by atoms with Gasteiger partial charge in [0.1, 0.15) is 16.5 Å². The molecule has 1 amide bonds. The van der Waals surface area contributed by atoms with E-state index >= 15 is 0 Å². The second-order valence-corrected chi connectivity index (χ2v) is 7.35. The number of anilines is 1. The maximum absolute atomic E-state index is 12.5. The van der Waals surface area contributed by atoms with Crippen molar-refractivity contribution in [1.82, 2.24) is 14.9 Å². The van der Waals surface area contributed by atoms with E-state index in [1.54, 1.807) is 11.3 Å². The second kappa shape index (κ2) is 6.89. The Morgan fingerprint density at radius 1 is 1.04 bits per heavy atom. The number of pyridine rings is 1. The molecule has 0 aromatic carbocycles. The summed E-state index contributed by atoms with van der Waals surface area (Å²) in [6.45, 7) is 3.88. The van der Waals surface area contributed by atoms with Gasteiger partial charge in [-0.05, 0) is 44.2 Å². The molecule has 2 aliphatic rings. The van der Waals surface area contributed by atoms with Gasteiger partial charge in [-0.25, -0.2) is 9.97 Å². The van der Waals surface area contributed by atoms with Crippen molar-refractivity contribution in [2.24, 2.45) is 0 Å². The standard InChI is InChI=1S/C18H22N4OS/c23-18(22-10-4-5-11-22)15-13-24-17(20-15)14-6-7-19-16(12-14)21-8-2-1-3-9-21/h6-7,12-13H,1-5,8-11H2. The smallest absolute Gasteiger partial charge is 0.273 e. The zero-order valence-electron chi connectivity index (χ0n) is 13.8. The second-order valence-electron chi connectivity index (χ2n) is 6.49. The third kappa shape index (κ3) is 3.15. The molecule has 126 valence electrons. The first kappa shape index (κ1) is 15.6. The topological polar surface area (TPSA) is 49.3 Å². The summed E-state index contributed by atoms with van der Waals surface area (Å²) in [6.07, 6.45) is 7.83. The molecule has 24 heavy (non-hydrogen) atoms. The molecule has 5 nitrogen and oxygen atoms in total. The minimum atomic E-state index is 0.0697. The van der Waals surface area contributed by atoms with Gasteiger partial charge < -0.3 is 9.80 Å². The highest BCUT2D eigenvalue weighted by Crippen LogP contribution is 2.28. The van der Waals surface area contributed by atoms with Crippen molar-refractivity contribution in [2.45, 2.75) is 32.1 Å². The van der Waals surface area contributed by atoms with E-state index in [-0.39, 0.29) is 5.91 Å². The van der Waals surface area contributed by atoms with Crippen molar-refractivity contribution in [3.8, 4) is 10.6 Å². The Balaban J connectivity index is 1.54. The van der Waals surface area contributed by atoms with Gasteiger partial charge in [0.2, 0.25) is 0 Å². The first-order valence-electron chi connectivity index (χ1n) is 8.77. The lowest BCUT2D eigenvalue weighted by Gasteiger charge is -2.27. The molecule has 0 bridgehead atoms. The van der Waals surface area contributed by atoms with Gasteiger partial charge in [-0.2, -0.15) is 0 Å². The maximum atomic E-state index is 12.5. The van der Waals surface area contributed by atoms with E-state index in [0.717, 1.165) is 55.4 Å². The van der Waals surface area contributed by atoms with Crippen molar-refractivity contribution < 1.29 is 4.79 Å². The molecule has 4 rings (SSSR count). The van der Waals surface area contributed by atoms with Crippen LogP contribution in [0.5, 0.6) is 0 Å². The zero-order chi connectivity index (χ0) is 16.4. The van der Waals surface area contributed by atoms with E-state index in [9.17, 15) is 4.79 Å². The molecule has 6 heteroatoms. The van der Waals surface area contributed by atoms with Crippen LogP contribution in [-0.4, -0.2) is 47.0 Å². The van der Waals surface area contributed by atoms with Crippen LogP contribution in [0.3, 0.4) is 0 Å². The normalized spacial score (nSPS) is 18.2. The number of hydrogen-bond acceptors (Lipinski definition) is 5. The van der Waals surface area contributed by atoms with Crippen LogP contribution in [-0.2, 0) is 0 Å². The molecule has 0 spiro atoms. The van der Waals surface area contributed by atoms with Crippen LogP contribution in [0, 0.1) is 0 Å². The summed E-state index contributed by atoms with van der Waals surface area (Å²) in [4.78, 5) is 25.8. The molecular weight excluding hydrogens is 320 g/mol. The van der Waals surface area contributed by atoms with Crippen molar-refractivity contribution >= 4 is 23.1 Å². The summed E-state index contributed by atoms with van der Waals surface area (Å²) < 4.78 is 0. The van der Waals surface area contributed by atoms with Crippen molar-refractivity contribution in [3.05, 3.63) is 29.4 Å². The van der Waals surface area contributed by atoms with Gasteiger partial charge >= 0.3 is 0 Å². The molecule has 4 heterocycles. The number of piperidine rings is 1. The Morgan fingerprint density at radius 2 is 1.79 bits per heavy atom. The molecule has 2 fully saturated rings. The zero-order valence-corrected chi connectivity index (χ0v) is 14.6. The summed E-state index contributed by atoms with van der Waals surface area (Å²) in [7, 11) is 0. The first-order valence-corrected chi connectivity index (χ1v) is 9.65. The van der Waals surface area contributed by atoms with E-state index in [2.05, 4.69) is 20.9 Å². The van der Waals surface area contributed by atoms with E-state index in [1.165, 1.54) is 19.3 Å². The summed E-state index contributed by atoms with van der Waals surface area (Å²) >= 11 is 1.54. The fourth-order valence-corrected chi connectivity index (χ4v) is 4.23. The Labute approximate surface area is 146 Å². The number of carbonyl (C=O) groups is 1. The fraction of sp³-hybridized carbons (Fsp3) is 0.500. The van der Waals surface area contributed by atoms with Crippen LogP contribution >= 0.6 is 11.3 Å². The summed E-state index contributed by atoms with van der Waals surface area (Å²) in [5, 5.41) is 2.79. The third-order valence-corrected chi connectivity index (χ3v) is 5.68. The average Bonchev–Trinajstić information content (AvgIpc) is 3.34. The molecule has 2 aromatic heterocycles. The molecule has 2 saturated heterocycles. The molecule has 2 aromatic rings. The Morgan fingerprint density at radius 3 is 2.58 bits per heavy atom. The number of thiazole rings is 1. The molecule has 2 aliphatic heterocycles. The summed E-state index contributed by atoms with van der Waals surface area (Å²) in [6, 6.07) is 4.09. The van der Waals surface area contributed by atoms with Gasteiger partial charge in [-0.15, -0.1) is 11.3 Å². The van der Waals surface area contributed by atoms with Gasteiger partial charge in [0.25, 0.3) is 5.91 Å². The molecular formula is C18H22N4OS. The highest BCUT2D eigenvalue weighted by Gasteiger charge is 2.22. The average molecular weight is 342 g/mol. The van der Waals surface area contributed by atoms with Gasteiger partial charge in [-0.3, -0.25) is 4.79 Å². The van der Waals surface area contributed by atoms with Gasteiger partial charge in [0.05, 0.1) is 0 Å². The quantitative estimate of drug-likeness (QED) is 0.857. The lowest BCUT2D eigenvalue weighted by Crippen LogP contribution is -2.30. The monoisotopic (exact) mass is 342 g/mol. The van der Waals surface area contributed by atoms with Crippen molar-refractivity contribution in [3.63, 3.8) is 0 Å². The van der Waals surface area contributed by atoms with Crippen LogP contribution < -0.4 is 4.90 Å². The molecule has 0 radical (unpaired) electrons. The van der Waals surface area contributed by atoms with Crippen LogP contribution in [0.25, 0.3) is 10.6 Å². The van der Waals surface area contributed by atoms with Crippen LogP contribution in [0.4, 0.5) is 5.82 Å². The van der Waals surface area contributed by atoms with E-state index in [4.69, 9.17) is 0 Å². The maximum Gasteiger partial charge on any atom is 0.273 e. The van der Waals surface area contributed by atoms with Crippen LogP contribution in [0.15, 0.2) is 23.7 Å². The minimum Gasteiger partial charge on any atom is -0.357 e. The lowest BCUT2D eigenvalue weighted by molar-refractivity contribution is 0.0788. The Kier molecular flexibility index (Phi) is 4.47. The number of nitrogens with zero attached hydrogens (tertiary/aromatic N) is 4. The highest BCUT2D eigenvalue weighted by molar-refractivity contribution is 7.13. The number of aromatic nitrogens is 2. The number of rotatable bonds is 3. The van der Waals surface area contributed by atoms with Crippen LogP contribution in [0.2, 0.25) is 0 Å². The van der Waals surface area contributed by atoms with Gasteiger partial charge in [0.15, 0.2) is 0 Å². The number of hydrogen-bond donors (Lipinski definition) is 0. The molecule has 0 unspecified atom stereocenters. The number of carbonyl (C=O) groups excluding carboxylic acids is 1. The number of amides is 1. The minimum absolute atomic E-state index is 0.0697.